The molecule has 3 aromatic rings. The zero-order valence-electron chi connectivity index (χ0n) is 14.9. The first-order valence-electron chi connectivity index (χ1n) is 8.19. The van der Waals surface area contributed by atoms with Gasteiger partial charge in [-0.3, -0.25) is 0 Å². The van der Waals surface area contributed by atoms with Crippen molar-refractivity contribution in [3.63, 3.8) is 0 Å². The van der Waals surface area contributed by atoms with Gasteiger partial charge in [-0.05, 0) is 37.3 Å². The maximum absolute atomic E-state index is 6.12. The van der Waals surface area contributed by atoms with Crippen LogP contribution in [0.15, 0.2) is 47.6 Å². The number of ether oxygens (including phenoxy) is 2. The predicted molar refractivity (Wildman–Crippen MR) is 105 cm³/mol. The summed E-state index contributed by atoms with van der Waals surface area (Å²) in [6, 6.07) is 13.4. The molecule has 0 atom stereocenters. The molecule has 1 aromatic heterocycles. The Morgan fingerprint density at radius 3 is 2.54 bits per heavy atom. The second-order valence-electron chi connectivity index (χ2n) is 5.50. The lowest BCUT2D eigenvalue weighted by molar-refractivity contribution is 0.411. The molecule has 1 heterocycles. The summed E-state index contributed by atoms with van der Waals surface area (Å²) in [6.45, 7) is 2.84. The summed E-state index contributed by atoms with van der Waals surface area (Å²) in [7, 11) is 3.32. The van der Waals surface area contributed by atoms with Crippen LogP contribution in [0.2, 0.25) is 5.02 Å². The van der Waals surface area contributed by atoms with Gasteiger partial charge in [-0.1, -0.05) is 35.5 Å². The Kier molecular flexibility index (Phi) is 6.06. The predicted octanol–water partition coefficient (Wildman–Crippen LogP) is 4.93. The summed E-state index contributed by atoms with van der Waals surface area (Å²) in [5.74, 6) is 3.08. The Balaban J connectivity index is 1.89. The van der Waals surface area contributed by atoms with Crippen LogP contribution in [0.1, 0.15) is 12.5 Å². The Bertz CT molecular complexity index is 898. The van der Waals surface area contributed by atoms with Crippen molar-refractivity contribution in [3.8, 4) is 22.9 Å². The molecule has 0 bridgehead atoms. The molecule has 26 heavy (non-hydrogen) atoms. The number of hydrogen-bond acceptors (Lipinski definition) is 5. The lowest BCUT2D eigenvalue weighted by Gasteiger charge is -2.11. The average molecular weight is 390 g/mol. The SMILES string of the molecule is CCn1c(SCc2cc(Cl)ccc2OC)nnc1-c1ccccc1OC. The van der Waals surface area contributed by atoms with Crippen LogP contribution < -0.4 is 9.47 Å². The zero-order valence-corrected chi connectivity index (χ0v) is 16.5. The molecule has 0 N–H and O–H groups in total. The van der Waals surface area contributed by atoms with E-state index < -0.39 is 0 Å². The van der Waals surface area contributed by atoms with Crippen molar-refractivity contribution in [1.82, 2.24) is 14.8 Å². The summed E-state index contributed by atoms with van der Waals surface area (Å²) >= 11 is 7.72. The molecule has 0 radical (unpaired) electrons. The molecule has 0 aliphatic rings. The molecule has 0 aliphatic heterocycles. The summed E-state index contributed by atoms with van der Waals surface area (Å²) in [5, 5.41) is 10.3. The standard InChI is InChI=1S/C19H20ClN3O2S/c1-4-23-18(15-7-5-6-8-17(15)25-3)21-22-19(23)26-12-13-11-14(20)9-10-16(13)24-2/h5-11H,4,12H2,1-3H3. The lowest BCUT2D eigenvalue weighted by Crippen LogP contribution is -2.01. The van der Waals surface area contributed by atoms with E-state index in [-0.39, 0.29) is 0 Å². The number of halogens is 1. The molecule has 7 heteroatoms. The molecule has 136 valence electrons. The smallest absolute Gasteiger partial charge is 0.191 e. The second kappa shape index (κ2) is 8.47. The molecule has 0 fully saturated rings. The van der Waals surface area contributed by atoms with Crippen LogP contribution in [0, 0.1) is 0 Å². The van der Waals surface area contributed by atoms with E-state index in [1.54, 1.807) is 26.0 Å². The molecule has 0 saturated carbocycles. The number of aromatic nitrogens is 3. The van der Waals surface area contributed by atoms with Crippen molar-refractivity contribution < 1.29 is 9.47 Å². The van der Waals surface area contributed by atoms with E-state index in [1.165, 1.54) is 0 Å². The molecule has 0 amide bonds. The number of rotatable bonds is 7. The fourth-order valence-electron chi connectivity index (χ4n) is 2.71. The van der Waals surface area contributed by atoms with Crippen LogP contribution >= 0.6 is 23.4 Å². The van der Waals surface area contributed by atoms with Gasteiger partial charge in [0.15, 0.2) is 11.0 Å². The van der Waals surface area contributed by atoms with Crippen molar-refractivity contribution in [1.29, 1.82) is 0 Å². The Morgan fingerprint density at radius 2 is 1.81 bits per heavy atom. The van der Waals surface area contributed by atoms with Crippen LogP contribution in [-0.4, -0.2) is 29.0 Å². The van der Waals surface area contributed by atoms with Crippen molar-refractivity contribution in [2.45, 2.75) is 24.4 Å². The van der Waals surface area contributed by atoms with Gasteiger partial charge in [0, 0.05) is 22.9 Å². The third kappa shape index (κ3) is 3.81. The van der Waals surface area contributed by atoms with E-state index in [2.05, 4.69) is 21.7 Å². The normalized spacial score (nSPS) is 10.8. The third-order valence-electron chi connectivity index (χ3n) is 3.98. The number of hydrogen-bond donors (Lipinski definition) is 0. The minimum Gasteiger partial charge on any atom is -0.496 e. The van der Waals surface area contributed by atoms with E-state index in [0.29, 0.717) is 10.8 Å². The highest BCUT2D eigenvalue weighted by molar-refractivity contribution is 7.98. The van der Waals surface area contributed by atoms with E-state index in [1.807, 2.05) is 42.5 Å². The van der Waals surface area contributed by atoms with Gasteiger partial charge in [0.2, 0.25) is 0 Å². The average Bonchev–Trinajstić information content (AvgIpc) is 3.09. The fourth-order valence-corrected chi connectivity index (χ4v) is 3.89. The molecule has 0 spiro atoms. The number of para-hydroxylation sites is 1. The van der Waals surface area contributed by atoms with E-state index in [4.69, 9.17) is 21.1 Å². The van der Waals surface area contributed by atoms with Crippen LogP contribution in [0.3, 0.4) is 0 Å². The number of benzene rings is 2. The van der Waals surface area contributed by atoms with Crippen LogP contribution in [0.5, 0.6) is 11.5 Å². The fraction of sp³-hybridized carbons (Fsp3) is 0.263. The van der Waals surface area contributed by atoms with E-state index in [9.17, 15) is 0 Å². The largest absolute Gasteiger partial charge is 0.496 e. The Labute approximate surface area is 162 Å². The third-order valence-corrected chi connectivity index (χ3v) is 5.23. The highest BCUT2D eigenvalue weighted by Gasteiger charge is 2.17. The molecule has 3 rings (SSSR count). The zero-order chi connectivity index (χ0) is 18.5. The molecule has 2 aromatic carbocycles. The van der Waals surface area contributed by atoms with Gasteiger partial charge in [0.05, 0.1) is 19.8 Å². The minimum absolute atomic E-state index is 0.688. The number of thioether (sulfide) groups is 1. The van der Waals surface area contributed by atoms with Crippen molar-refractivity contribution >= 4 is 23.4 Å². The lowest BCUT2D eigenvalue weighted by atomic mass is 10.2. The summed E-state index contributed by atoms with van der Waals surface area (Å²) in [5.41, 5.74) is 1.95. The topological polar surface area (TPSA) is 49.2 Å². The summed E-state index contributed by atoms with van der Waals surface area (Å²) in [6.07, 6.45) is 0. The van der Waals surface area contributed by atoms with Gasteiger partial charge in [0.25, 0.3) is 0 Å². The first kappa shape index (κ1) is 18.6. The molecule has 0 saturated heterocycles. The van der Waals surface area contributed by atoms with Crippen LogP contribution in [0.25, 0.3) is 11.4 Å². The maximum Gasteiger partial charge on any atom is 0.191 e. The van der Waals surface area contributed by atoms with Crippen LogP contribution in [-0.2, 0) is 12.3 Å². The highest BCUT2D eigenvalue weighted by Crippen LogP contribution is 2.33. The molecule has 5 nitrogen and oxygen atoms in total. The Hall–Kier alpha value is -2.18. The number of methoxy groups -OCH3 is 2. The summed E-state index contributed by atoms with van der Waals surface area (Å²) in [4.78, 5) is 0. The molecular weight excluding hydrogens is 370 g/mol. The van der Waals surface area contributed by atoms with Crippen molar-refractivity contribution in [3.05, 3.63) is 53.1 Å². The first-order valence-corrected chi connectivity index (χ1v) is 9.56. The van der Waals surface area contributed by atoms with E-state index in [0.717, 1.165) is 40.2 Å². The van der Waals surface area contributed by atoms with Gasteiger partial charge >= 0.3 is 0 Å². The maximum atomic E-state index is 6.12. The highest BCUT2D eigenvalue weighted by atomic mass is 35.5. The van der Waals surface area contributed by atoms with Crippen LogP contribution in [0.4, 0.5) is 0 Å². The number of nitrogens with zero attached hydrogens (tertiary/aromatic N) is 3. The molecular formula is C19H20ClN3O2S. The Morgan fingerprint density at radius 1 is 1.04 bits per heavy atom. The summed E-state index contributed by atoms with van der Waals surface area (Å²) < 4.78 is 13.0. The van der Waals surface area contributed by atoms with Gasteiger partial charge in [-0.2, -0.15) is 0 Å². The quantitative estimate of drug-likeness (QED) is 0.536. The second-order valence-corrected chi connectivity index (χ2v) is 6.87. The van der Waals surface area contributed by atoms with Crippen molar-refractivity contribution in [2.75, 3.05) is 14.2 Å². The van der Waals surface area contributed by atoms with Gasteiger partial charge in [0.1, 0.15) is 11.5 Å². The molecule has 0 aliphatic carbocycles. The molecule has 0 unspecified atom stereocenters. The first-order chi connectivity index (χ1) is 12.7. The van der Waals surface area contributed by atoms with Gasteiger partial charge < -0.3 is 14.0 Å². The van der Waals surface area contributed by atoms with Gasteiger partial charge in [-0.15, -0.1) is 10.2 Å². The minimum atomic E-state index is 0.688. The van der Waals surface area contributed by atoms with E-state index >= 15 is 0 Å². The monoisotopic (exact) mass is 389 g/mol. The van der Waals surface area contributed by atoms with Crippen molar-refractivity contribution in [2.24, 2.45) is 0 Å². The van der Waals surface area contributed by atoms with Gasteiger partial charge in [-0.25, -0.2) is 0 Å².